The third-order valence-corrected chi connectivity index (χ3v) is 6.65. The average Bonchev–Trinajstić information content (AvgIpc) is 3.33. The van der Waals surface area contributed by atoms with Crippen LogP contribution in [0.15, 0.2) is 108 Å². The van der Waals surface area contributed by atoms with Crippen molar-refractivity contribution < 1.29 is 14.3 Å². The molecule has 4 nitrogen and oxygen atoms in total. The second-order valence-electron chi connectivity index (χ2n) is 8.81. The molecule has 0 amide bonds. The molecule has 6 rings (SSSR count). The Balaban J connectivity index is 1.38. The van der Waals surface area contributed by atoms with E-state index < -0.39 is 0 Å². The number of ketones is 2. The van der Waals surface area contributed by atoms with Crippen molar-refractivity contribution in [2.24, 2.45) is 0 Å². The van der Waals surface area contributed by atoms with Crippen molar-refractivity contribution >= 4 is 39.4 Å². The highest BCUT2D eigenvalue weighted by Gasteiger charge is 2.35. The molecule has 2 heterocycles. The van der Waals surface area contributed by atoms with E-state index >= 15 is 0 Å². The highest BCUT2D eigenvalue weighted by atomic mass is 16.5. The fourth-order valence-corrected chi connectivity index (χ4v) is 5.09. The van der Waals surface area contributed by atoms with Crippen LogP contribution < -0.4 is 0 Å². The summed E-state index contributed by atoms with van der Waals surface area (Å²) in [6.07, 6.45) is 7.40. The summed E-state index contributed by atoms with van der Waals surface area (Å²) in [6.45, 7) is 4.89. The van der Waals surface area contributed by atoms with Crippen LogP contribution in [0.3, 0.4) is 0 Å². The van der Waals surface area contributed by atoms with E-state index in [9.17, 15) is 9.59 Å². The van der Waals surface area contributed by atoms with Gasteiger partial charge in [-0.2, -0.15) is 0 Å². The first-order chi connectivity index (χ1) is 17.0. The molecule has 0 radical (unpaired) electrons. The number of carbonyl (C=O) groups is 2. The van der Waals surface area contributed by atoms with Crippen LogP contribution in [0.1, 0.15) is 40.1 Å². The highest BCUT2D eigenvalue weighted by Crippen LogP contribution is 2.33. The molecule has 3 aromatic carbocycles. The number of Topliss-reactive ketones (excluding diaryl/α,β-unsaturated/α-hetero) is 2. The zero-order valence-electron chi connectivity index (χ0n) is 19.5. The number of fused-ring (bicyclic) bond motifs is 4. The summed E-state index contributed by atoms with van der Waals surface area (Å²) in [5.74, 6) is 0.751. The molecule has 0 spiro atoms. The van der Waals surface area contributed by atoms with Crippen LogP contribution in [0.4, 0.5) is 0 Å². The van der Waals surface area contributed by atoms with E-state index in [1.54, 1.807) is 36.4 Å². The Kier molecular flexibility index (Phi) is 4.89. The maximum Gasteiger partial charge on any atom is 0.198 e. The largest absolute Gasteiger partial charge is 0.462 e. The highest BCUT2D eigenvalue weighted by molar-refractivity contribution is 6.40. The van der Waals surface area contributed by atoms with Gasteiger partial charge in [0.2, 0.25) is 0 Å². The Bertz CT molecular complexity index is 1650. The predicted octanol–water partition coefficient (Wildman–Crippen LogP) is 7.02. The summed E-state index contributed by atoms with van der Waals surface area (Å²) < 4.78 is 8.22. The van der Waals surface area contributed by atoms with Gasteiger partial charge in [0.25, 0.3) is 0 Å². The van der Waals surface area contributed by atoms with Crippen molar-refractivity contribution in [3.8, 4) is 0 Å². The summed E-state index contributed by atoms with van der Waals surface area (Å²) in [5.41, 5.74) is 5.19. The van der Waals surface area contributed by atoms with Crippen molar-refractivity contribution in [3.05, 3.63) is 124 Å². The zero-order valence-corrected chi connectivity index (χ0v) is 19.5. The fourth-order valence-electron chi connectivity index (χ4n) is 5.09. The van der Waals surface area contributed by atoms with E-state index in [1.807, 2.05) is 19.1 Å². The van der Waals surface area contributed by atoms with Gasteiger partial charge in [-0.05, 0) is 61.4 Å². The molecule has 0 atom stereocenters. The van der Waals surface area contributed by atoms with Crippen LogP contribution in [-0.2, 0) is 11.3 Å². The number of aryl methyl sites for hydroxylation is 1. The molecule has 2 aliphatic rings. The van der Waals surface area contributed by atoms with Crippen LogP contribution >= 0.6 is 0 Å². The minimum absolute atomic E-state index is 0.202. The van der Waals surface area contributed by atoms with Gasteiger partial charge < -0.3 is 9.30 Å². The Morgan fingerprint density at radius 2 is 1.49 bits per heavy atom. The van der Waals surface area contributed by atoms with Gasteiger partial charge in [0.05, 0.1) is 5.57 Å². The third kappa shape index (κ3) is 3.38. The topological polar surface area (TPSA) is 48.3 Å². The molecule has 0 fully saturated rings. The molecule has 4 heteroatoms. The quantitative estimate of drug-likeness (QED) is 0.245. The van der Waals surface area contributed by atoms with Gasteiger partial charge in [0.1, 0.15) is 11.5 Å². The number of hydrogen-bond acceptors (Lipinski definition) is 3. The van der Waals surface area contributed by atoms with E-state index in [0.29, 0.717) is 28.2 Å². The van der Waals surface area contributed by atoms with Gasteiger partial charge in [-0.15, -0.1) is 0 Å². The van der Waals surface area contributed by atoms with Crippen LogP contribution in [0.5, 0.6) is 0 Å². The van der Waals surface area contributed by atoms with Crippen LogP contribution in [0, 0.1) is 0 Å². The monoisotopic (exact) mass is 457 g/mol. The van der Waals surface area contributed by atoms with Crippen molar-refractivity contribution in [3.63, 3.8) is 0 Å². The first-order valence-corrected chi connectivity index (χ1v) is 11.7. The zero-order chi connectivity index (χ0) is 24.1. The second-order valence-corrected chi connectivity index (χ2v) is 8.81. The number of nitrogens with zero attached hydrogens (tertiary/aromatic N) is 1. The maximum absolute atomic E-state index is 13.0. The number of hydrogen-bond donors (Lipinski definition) is 0. The smallest absolute Gasteiger partial charge is 0.198 e. The average molecular weight is 458 g/mol. The lowest BCUT2D eigenvalue weighted by molar-refractivity contribution is 0.0988. The van der Waals surface area contributed by atoms with Crippen molar-refractivity contribution in [1.29, 1.82) is 0 Å². The number of carbonyl (C=O) groups excluding carboxylic acids is 2. The normalized spacial score (nSPS) is 15.7. The van der Waals surface area contributed by atoms with Gasteiger partial charge in [-0.3, -0.25) is 9.59 Å². The van der Waals surface area contributed by atoms with Crippen molar-refractivity contribution in [2.75, 3.05) is 0 Å². The lowest BCUT2D eigenvalue weighted by Gasteiger charge is -2.14. The molecule has 1 aliphatic heterocycles. The molecular weight excluding hydrogens is 434 g/mol. The lowest BCUT2D eigenvalue weighted by Crippen LogP contribution is -2.07. The number of rotatable bonds is 3. The minimum Gasteiger partial charge on any atom is -0.462 e. The molecule has 0 saturated heterocycles. The molecule has 0 saturated carbocycles. The molecule has 0 unspecified atom stereocenters. The molecule has 35 heavy (non-hydrogen) atoms. The first-order valence-electron chi connectivity index (χ1n) is 11.7. The Labute approximate surface area is 203 Å². The summed E-state index contributed by atoms with van der Waals surface area (Å²) >= 11 is 0. The number of allylic oxidation sites excluding steroid dienone is 6. The van der Waals surface area contributed by atoms with E-state index in [-0.39, 0.29) is 17.1 Å². The van der Waals surface area contributed by atoms with E-state index in [2.05, 4.69) is 54.0 Å². The molecule has 0 N–H and O–H groups in total. The summed E-state index contributed by atoms with van der Waals surface area (Å²) in [5, 5.41) is 2.44. The third-order valence-electron chi connectivity index (χ3n) is 6.65. The van der Waals surface area contributed by atoms with Crippen molar-refractivity contribution in [1.82, 2.24) is 4.57 Å². The molecule has 0 bridgehead atoms. The molecule has 1 aliphatic carbocycles. The number of aromatic nitrogens is 1. The Morgan fingerprint density at radius 1 is 0.800 bits per heavy atom. The summed E-state index contributed by atoms with van der Waals surface area (Å²) in [6, 6.07) is 21.9. The first kappa shape index (κ1) is 21.1. The lowest BCUT2D eigenvalue weighted by atomic mass is 10.0. The fraction of sp³-hybridized carbons (Fsp3) is 0.0968. The Hall–Kier alpha value is -4.44. The van der Waals surface area contributed by atoms with Gasteiger partial charge in [0.15, 0.2) is 11.6 Å². The predicted molar refractivity (Wildman–Crippen MR) is 139 cm³/mol. The Morgan fingerprint density at radius 3 is 2.23 bits per heavy atom. The van der Waals surface area contributed by atoms with Gasteiger partial charge in [0, 0.05) is 39.5 Å². The van der Waals surface area contributed by atoms with Crippen LogP contribution in [0.2, 0.25) is 0 Å². The van der Waals surface area contributed by atoms with Crippen LogP contribution in [-0.4, -0.2) is 16.1 Å². The van der Waals surface area contributed by atoms with Gasteiger partial charge in [-0.25, -0.2) is 0 Å². The summed E-state index contributed by atoms with van der Waals surface area (Å²) in [7, 11) is 0. The summed E-state index contributed by atoms with van der Waals surface area (Å²) in [4.78, 5) is 25.9. The van der Waals surface area contributed by atoms with Gasteiger partial charge >= 0.3 is 0 Å². The molecule has 1 aromatic heterocycles. The second kappa shape index (κ2) is 8.10. The standard InChI is InChI=1S/C31H23NO3/c1-3-32-27-11-7-6-8-23(27)26-17-20(13-15-28(26)32)12-14-22-18-21(16-19(2)35-22)29-30(33)24-9-4-5-10-25(24)31(29)34/h4-18H,3H2,1-2H3/b14-12+. The SMILES string of the molecule is CCn1c2ccccc2c2cc(/C=C/C3=CC(=C4C(=O)c5ccccc5C4=O)C=C(C)O3)ccc21. The van der Waals surface area contributed by atoms with E-state index in [0.717, 1.165) is 12.1 Å². The maximum atomic E-state index is 13.0. The molecule has 4 aromatic rings. The molecular formula is C31H23NO3. The van der Waals surface area contributed by atoms with Gasteiger partial charge in [-0.1, -0.05) is 54.6 Å². The van der Waals surface area contributed by atoms with E-state index in [4.69, 9.17) is 4.74 Å². The number of para-hydroxylation sites is 1. The van der Waals surface area contributed by atoms with E-state index in [1.165, 1.54) is 21.8 Å². The number of benzene rings is 3. The number of ether oxygens (including phenoxy) is 1. The minimum atomic E-state index is -0.233. The van der Waals surface area contributed by atoms with Crippen molar-refractivity contribution in [2.45, 2.75) is 20.4 Å². The molecule has 170 valence electrons. The van der Waals surface area contributed by atoms with Crippen LogP contribution in [0.25, 0.3) is 27.9 Å².